The number of thioether (sulfide) groups is 1. The molecule has 3 aromatic rings. The number of benzene rings is 2. The molecule has 0 aliphatic heterocycles. The Morgan fingerprint density at radius 1 is 1.10 bits per heavy atom. The van der Waals surface area contributed by atoms with Gasteiger partial charge in [0.05, 0.1) is 22.3 Å². The lowest BCUT2D eigenvalue weighted by Crippen LogP contribution is -2.41. The van der Waals surface area contributed by atoms with Gasteiger partial charge in [0.2, 0.25) is 5.91 Å². The molecule has 7 nitrogen and oxygen atoms in total. The van der Waals surface area contributed by atoms with Crippen LogP contribution in [0.25, 0.3) is 16.6 Å². The van der Waals surface area contributed by atoms with Crippen molar-refractivity contribution < 1.29 is 9.59 Å². The van der Waals surface area contributed by atoms with E-state index in [0.29, 0.717) is 28.3 Å². The number of urea groups is 1. The molecule has 2 N–H and O–H groups in total. The quantitative estimate of drug-likeness (QED) is 0.468. The molecule has 0 saturated carbocycles. The van der Waals surface area contributed by atoms with Crippen molar-refractivity contribution in [3.05, 3.63) is 64.4 Å². The monoisotopic (exact) mass is 424 g/mol. The molecule has 2 aromatic carbocycles. The number of nitrogens with one attached hydrogen (secondary N) is 2. The van der Waals surface area contributed by atoms with Crippen molar-refractivity contribution in [3.63, 3.8) is 0 Å². The molecule has 156 valence electrons. The maximum Gasteiger partial charge on any atom is 0.321 e. The first-order valence-electron chi connectivity index (χ1n) is 9.65. The van der Waals surface area contributed by atoms with Crippen LogP contribution in [0.5, 0.6) is 0 Å². The number of aromatic nitrogens is 2. The van der Waals surface area contributed by atoms with Gasteiger partial charge in [-0.25, -0.2) is 9.78 Å². The van der Waals surface area contributed by atoms with Crippen molar-refractivity contribution in [2.75, 3.05) is 12.3 Å². The van der Waals surface area contributed by atoms with E-state index in [2.05, 4.69) is 15.6 Å². The fourth-order valence-corrected chi connectivity index (χ4v) is 3.68. The van der Waals surface area contributed by atoms with Gasteiger partial charge in [-0.05, 0) is 36.6 Å². The van der Waals surface area contributed by atoms with Gasteiger partial charge in [0, 0.05) is 6.54 Å². The summed E-state index contributed by atoms with van der Waals surface area (Å²) in [6.07, 6.45) is 0. The highest BCUT2D eigenvalue weighted by Crippen LogP contribution is 2.22. The number of imide groups is 1. The maximum atomic E-state index is 13.2. The third-order valence-corrected chi connectivity index (χ3v) is 5.30. The summed E-state index contributed by atoms with van der Waals surface area (Å²) >= 11 is 1.11. The molecule has 8 heteroatoms. The number of nitrogens with zero attached hydrogens (tertiary/aromatic N) is 2. The molecule has 3 rings (SSSR count). The smallest absolute Gasteiger partial charge is 0.321 e. The van der Waals surface area contributed by atoms with Gasteiger partial charge in [0.25, 0.3) is 5.56 Å². The average Bonchev–Trinajstić information content (AvgIpc) is 2.72. The van der Waals surface area contributed by atoms with Gasteiger partial charge >= 0.3 is 6.03 Å². The standard InChI is InChI=1S/C22H24N4O3S/c1-14(2)12-23-21(29)25-19(27)13-30-22-24-17-10-6-5-9-16(17)20(28)26(22)18-11-7-4-8-15(18)3/h4-11,14H,12-13H2,1-3H3,(H2,23,25,27,29). The number of carbonyl (C=O) groups is 2. The van der Waals surface area contributed by atoms with E-state index in [9.17, 15) is 14.4 Å². The minimum atomic E-state index is -0.530. The number of amides is 3. The zero-order chi connectivity index (χ0) is 21.7. The van der Waals surface area contributed by atoms with Gasteiger partial charge in [-0.3, -0.25) is 19.5 Å². The summed E-state index contributed by atoms with van der Waals surface area (Å²) in [5.74, 6) is -0.225. The number of hydrogen-bond acceptors (Lipinski definition) is 5. The number of aryl methyl sites for hydroxylation is 1. The molecular formula is C22H24N4O3S. The second-order valence-corrected chi connectivity index (χ2v) is 8.22. The van der Waals surface area contributed by atoms with Crippen LogP contribution in [-0.2, 0) is 4.79 Å². The Morgan fingerprint density at radius 3 is 2.53 bits per heavy atom. The first-order chi connectivity index (χ1) is 14.4. The van der Waals surface area contributed by atoms with Crippen molar-refractivity contribution in [2.24, 2.45) is 5.92 Å². The Hall–Kier alpha value is -3.13. The predicted molar refractivity (Wildman–Crippen MR) is 119 cm³/mol. The summed E-state index contributed by atoms with van der Waals surface area (Å²) in [6, 6.07) is 14.1. The van der Waals surface area contributed by atoms with Crippen LogP contribution in [0.3, 0.4) is 0 Å². The van der Waals surface area contributed by atoms with Crippen LogP contribution in [0.2, 0.25) is 0 Å². The second kappa shape index (κ2) is 9.58. The third kappa shape index (κ3) is 5.07. The Bertz CT molecular complexity index is 1140. The molecule has 1 aromatic heterocycles. The van der Waals surface area contributed by atoms with Crippen LogP contribution < -0.4 is 16.2 Å². The van der Waals surface area contributed by atoms with Gasteiger partial charge in [-0.2, -0.15) is 0 Å². The van der Waals surface area contributed by atoms with Crippen molar-refractivity contribution in [1.82, 2.24) is 20.2 Å². The van der Waals surface area contributed by atoms with Crippen LogP contribution in [0, 0.1) is 12.8 Å². The van der Waals surface area contributed by atoms with Crippen LogP contribution >= 0.6 is 11.8 Å². The van der Waals surface area contributed by atoms with Crippen LogP contribution in [0.15, 0.2) is 58.5 Å². The van der Waals surface area contributed by atoms with Crippen molar-refractivity contribution >= 4 is 34.6 Å². The molecule has 0 fully saturated rings. The maximum absolute atomic E-state index is 13.2. The van der Waals surface area contributed by atoms with Crippen molar-refractivity contribution in [2.45, 2.75) is 25.9 Å². The van der Waals surface area contributed by atoms with Gasteiger partial charge in [0.1, 0.15) is 0 Å². The highest BCUT2D eigenvalue weighted by molar-refractivity contribution is 7.99. The minimum absolute atomic E-state index is 0.0498. The van der Waals surface area contributed by atoms with E-state index < -0.39 is 11.9 Å². The van der Waals surface area contributed by atoms with E-state index in [1.54, 1.807) is 18.2 Å². The molecule has 0 unspecified atom stereocenters. The molecule has 0 radical (unpaired) electrons. The Labute approximate surface area is 178 Å². The number of carbonyl (C=O) groups excluding carboxylic acids is 2. The Kier molecular flexibility index (Phi) is 6.89. The van der Waals surface area contributed by atoms with E-state index in [4.69, 9.17) is 0 Å². The molecule has 0 atom stereocenters. The van der Waals surface area contributed by atoms with Crippen LogP contribution in [0.4, 0.5) is 4.79 Å². The minimum Gasteiger partial charge on any atom is -0.338 e. The number of rotatable bonds is 6. The molecule has 0 saturated heterocycles. The number of para-hydroxylation sites is 2. The summed E-state index contributed by atoms with van der Waals surface area (Å²) in [5.41, 5.74) is 1.98. The highest BCUT2D eigenvalue weighted by atomic mass is 32.2. The molecular weight excluding hydrogens is 400 g/mol. The van der Waals surface area contributed by atoms with Gasteiger partial charge < -0.3 is 5.32 Å². The van der Waals surface area contributed by atoms with E-state index in [-0.39, 0.29) is 17.2 Å². The fourth-order valence-electron chi connectivity index (χ4n) is 2.87. The van der Waals surface area contributed by atoms with Gasteiger partial charge in [-0.1, -0.05) is 55.9 Å². The Morgan fingerprint density at radius 2 is 1.80 bits per heavy atom. The summed E-state index contributed by atoms with van der Waals surface area (Å²) in [5, 5.41) is 5.84. The zero-order valence-corrected chi connectivity index (χ0v) is 18.0. The lowest BCUT2D eigenvalue weighted by molar-refractivity contribution is -0.117. The van der Waals surface area contributed by atoms with E-state index in [1.165, 1.54) is 4.57 Å². The van der Waals surface area contributed by atoms with E-state index >= 15 is 0 Å². The number of fused-ring (bicyclic) bond motifs is 1. The molecule has 1 heterocycles. The first-order valence-corrected chi connectivity index (χ1v) is 10.6. The largest absolute Gasteiger partial charge is 0.338 e. The molecule has 0 aliphatic rings. The molecule has 0 aliphatic carbocycles. The normalized spacial score (nSPS) is 10.9. The van der Waals surface area contributed by atoms with Crippen LogP contribution in [-0.4, -0.2) is 33.8 Å². The van der Waals surface area contributed by atoms with Gasteiger partial charge in [-0.15, -0.1) is 0 Å². The zero-order valence-electron chi connectivity index (χ0n) is 17.1. The average molecular weight is 425 g/mol. The summed E-state index contributed by atoms with van der Waals surface area (Å²) in [4.78, 5) is 41.9. The lowest BCUT2D eigenvalue weighted by atomic mass is 10.2. The topological polar surface area (TPSA) is 93.1 Å². The number of hydrogen-bond donors (Lipinski definition) is 2. The first kappa shape index (κ1) is 21.6. The summed E-state index contributed by atoms with van der Waals surface area (Å²) in [6.45, 7) is 6.32. The summed E-state index contributed by atoms with van der Waals surface area (Å²) < 4.78 is 1.52. The van der Waals surface area contributed by atoms with Crippen LogP contribution in [0.1, 0.15) is 19.4 Å². The fraction of sp³-hybridized carbons (Fsp3) is 0.273. The predicted octanol–water partition coefficient (Wildman–Crippen LogP) is 3.27. The van der Waals surface area contributed by atoms with Gasteiger partial charge in [0.15, 0.2) is 5.16 Å². The molecule has 0 bridgehead atoms. The molecule has 3 amide bonds. The van der Waals surface area contributed by atoms with Crippen molar-refractivity contribution in [1.29, 1.82) is 0 Å². The Balaban J connectivity index is 1.89. The molecule has 30 heavy (non-hydrogen) atoms. The second-order valence-electron chi connectivity index (χ2n) is 7.28. The van der Waals surface area contributed by atoms with E-state index in [0.717, 1.165) is 17.3 Å². The van der Waals surface area contributed by atoms with E-state index in [1.807, 2.05) is 51.1 Å². The SMILES string of the molecule is Cc1ccccc1-n1c(SCC(=O)NC(=O)NCC(C)C)nc2ccccc2c1=O. The third-order valence-electron chi connectivity index (χ3n) is 4.36. The highest BCUT2D eigenvalue weighted by Gasteiger charge is 2.16. The van der Waals surface area contributed by atoms with Crippen molar-refractivity contribution in [3.8, 4) is 5.69 Å². The summed E-state index contributed by atoms with van der Waals surface area (Å²) in [7, 11) is 0. The lowest BCUT2D eigenvalue weighted by Gasteiger charge is -2.15. The molecule has 0 spiro atoms.